The maximum Gasteiger partial charge on any atom is 0.137 e. The molecule has 0 saturated heterocycles. The Morgan fingerprint density at radius 1 is 1.15 bits per heavy atom. The van der Waals surface area contributed by atoms with Gasteiger partial charge in [-0.15, -0.1) is 0 Å². The summed E-state index contributed by atoms with van der Waals surface area (Å²) < 4.78 is 11.4. The number of nitrogens with one attached hydrogen (secondary N) is 1. The van der Waals surface area contributed by atoms with Crippen LogP contribution in [0.5, 0.6) is 11.5 Å². The van der Waals surface area contributed by atoms with Crippen molar-refractivity contribution in [1.82, 2.24) is 10.4 Å². The Balaban J connectivity index is 2.45. The van der Waals surface area contributed by atoms with Crippen LogP contribution in [0.4, 0.5) is 0 Å². The molecule has 5 nitrogen and oxygen atoms in total. The lowest BCUT2D eigenvalue weighted by atomic mass is 10.0. The minimum absolute atomic E-state index is 0.220. The van der Waals surface area contributed by atoms with Crippen LogP contribution in [0, 0.1) is 0 Å². The highest BCUT2D eigenvalue weighted by Crippen LogP contribution is 2.32. The van der Waals surface area contributed by atoms with Gasteiger partial charge >= 0.3 is 0 Å². The molecule has 2 rings (SSSR count). The van der Waals surface area contributed by atoms with Crippen LogP contribution in [-0.4, -0.2) is 19.2 Å². The maximum absolute atomic E-state index is 5.71. The summed E-state index contributed by atoms with van der Waals surface area (Å²) in [5.41, 5.74) is 4.66. The number of ether oxygens (including phenoxy) is 2. The number of hydrazine groups is 1. The van der Waals surface area contributed by atoms with Crippen molar-refractivity contribution in [3.63, 3.8) is 0 Å². The molecule has 0 aliphatic rings. The van der Waals surface area contributed by atoms with Crippen LogP contribution in [0.25, 0.3) is 0 Å². The molecule has 0 spiro atoms. The number of nitrogens with two attached hydrogens (primary N) is 1. The van der Waals surface area contributed by atoms with E-state index in [1.165, 1.54) is 0 Å². The second-order valence-corrected chi connectivity index (χ2v) is 5.00. The van der Waals surface area contributed by atoms with E-state index in [0.29, 0.717) is 5.75 Å². The number of hydrogen-bond acceptors (Lipinski definition) is 5. The van der Waals surface area contributed by atoms with Crippen LogP contribution >= 0.6 is 15.9 Å². The van der Waals surface area contributed by atoms with E-state index in [1.807, 2.05) is 24.3 Å². The number of pyridine rings is 1. The van der Waals surface area contributed by atoms with Gasteiger partial charge in [0.25, 0.3) is 0 Å². The van der Waals surface area contributed by atoms with Crippen LogP contribution in [0.1, 0.15) is 17.2 Å². The average Bonchev–Trinajstić information content (AvgIpc) is 2.50. The molecule has 106 valence electrons. The van der Waals surface area contributed by atoms with Crippen LogP contribution < -0.4 is 20.7 Å². The van der Waals surface area contributed by atoms with Crippen molar-refractivity contribution in [3.8, 4) is 11.5 Å². The first-order valence-corrected chi connectivity index (χ1v) is 6.77. The van der Waals surface area contributed by atoms with Gasteiger partial charge in [-0.3, -0.25) is 10.8 Å². The first-order valence-electron chi connectivity index (χ1n) is 5.98. The van der Waals surface area contributed by atoms with Crippen LogP contribution in [-0.2, 0) is 0 Å². The summed E-state index contributed by atoms with van der Waals surface area (Å²) in [5.74, 6) is 7.15. The summed E-state index contributed by atoms with van der Waals surface area (Å²) in [5, 5.41) is 0. The van der Waals surface area contributed by atoms with Gasteiger partial charge in [0.15, 0.2) is 0 Å². The molecule has 6 heteroatoms. The van der Waals surface area contributed by atoms with Gasteiger partial charge in [-0.2, -0.15) is 0 Å². The van der Waals surface area contributed by atoms with Crippen molar-refractivity contribution < 1.29 is 9.47 Å². The number of halogens is 1. The molecular formula is C14H16BrN3O2. The van der Waals surface area contributed by atoms with Crippen LogP contribution in [0.15, 0.2) is 41.1 Å². The Morgan fingerprint density at radius 3 is 2.55 bits per heavy atom. The predicted molar refractivity (Wildman–Crippen MR) is 80.6 cm³/mol. The molecule has 1 heterocycles. The molecule has 0 radical (unpaired) electrons. The third kappa shape index (κ3) is 3.09. The van der Waals surface area contributed by atoms with Crippen LogP contribution in [0.2, 0.25) is 0 Å². The van der Waals surface area contributed by atoms with Gasteiger partial charge in [0, 0.05) is 10.7 Å². The van der Waals surface area contributed by atoms with Crippen molar-refractivity contribution in [2.75, 3.05) is 14.2 Å². The van der Waals surface area contributed by atoms with E-state index in [0.717, 1.165) is 21.3 Å². The molecule has 1 unspecified atom stereocenters. The van der Waals surface area contributed by atoms with E-state index >= 15 is 0 Å². The second kappa shape index (κ2) is 6.69. The van der Waals surface area contributed by atoms with Crippen LogP contribution in [0.3, 0.4) is 0 Å². The third-order valence-corrected chi connectivity index (χ3v) is 3.71. The molecule has 1 aromatic heterocycles. The SMILES string of the molecule is COc1cncc(C(NN)c2cc(OC)ccc2Br)c1. The topological polar surface area (TPSA) is 69.4 Å². The molecule has 2 aromatic rings. The van der Waals surface area contributed by atoms with Gasteiger partial charge in [0.05, 0.1) is 26.5 Å². The minimum atomic E-state index is -0.220. The molecule has 0 amide bonds. The smallest absolute Gasteiger partial charge is 0.137 e. The van der Waals surface area contributed by atoms with E-state index in [2.05, 4.69) is 26.3 Å². The van der Waals surface area contributed by atoms with E-state index in [9.17, 15) is 0 Å². The number of aromatic nitrogens is 1. The zero-order valence-electron chi connectivity index (χ0n) is 11.3. The van der Waals surface area contributed by atoms with E-state index in [1.54, 1.807) is 26.6 Å². The fourth-order valence-electron chi connectivity index (χ4n) is 1.94. The zero-order valence-corrected chi connectivity index (χ0v) is 12.8. The van der Waals surface area contributed by atoms with Crippen molar-refractivity contribution in [2.24, 2.45) is 5.84 Å². The van der Waals surface area contributed by atoms with Gasteiger partial charge in [-0.25, -0.2) is 5.43 Å². The van der Waals surface area contributed by atoms with Gasteiger partial charge < -0.3 is 9.47 Å². The fraction of sp³-hybridized carbons (Fsp3) is 0.214. The number of hydrogen-bond donors (Lipinski definition) is 2. The second-order valence-electron chi connectivity index (χ2n) is 4.15. The van der Waals surface area contributed by atoms with Crippen molar-refractivity contribution in [2.45, 2.75) is 6.04 Å². The first kappa shape index (κ1) is 14.8. The number of nitrogens with zero attached hydrogens (tertiary/aromatic N) is 1. The Labute approximate surface area is 126 Å². The molecule has 0 saturated carbocycles. The summed E-state index contributed by atoms with van der Waals surface area (Å²) in [6, 6.07) is 7.40. The molecule has 0 fully saturated rings. The Hall–Kier alpha value is -1.63. The lowest BCUT2D eigenvalue weighted by Crippen LogP contribution is -2.29. The lowest BCUT2D eigenvalue weighted by Gasteiger charge is -2.19. The van der Waals surface area contributed by atoms with Gasteiger partial charge in [-0.05, 0) is 35.4 Å². The standard InChI is InChI=1S/C14H16BrN3O2/c1-19-10-3-4-13(15)12(6-10)14(18-16)9-5-11(20-2)8-17-7-9/h3-8,14,18H,16H2,1-2H3. The highest BCUT2D eigenvalue weighted by atomic mass is 79.9. The number of rotatable bonds is 5. The Kier molecular flexibility index (Phi) is 4.94. The van der Waals surface area contributed by atoms with Crippen molar-refractivity contribution in [1.29, 1.82) is 0 Å². The largest absolute Gasteiger partial charge is 0.497 e. The molecule has 3 N–H and O–H groups in total. The third-order valence-electron chi connectivity index (χ3n) is 2.98. The average molecular weight is 338 g/mol. The summed E-state index contributed by atoms with van der Waals surface area (Å²) >= 11 is 3.53. The molecule has 0 aliphatic heterocycles. The monoisotopic (exact) mass is 337 g/mol. The number of benzene rings is 1. The van der Waals surface area contributed by atoms with Gasteiger partial charge in [0.2, 0.25) is 0 Å². The zero-order chi connectivity index (χ0) is 14.5. The van der Waals surface area contributed by atoms with Gasteiger partial charge in [-0.1, -0.05) is 15.9 Å². The summed E-state index contributed by atoms with van der Waals surface area (Å²) in [4.78, 5) is 4.15. The minimum Gasteiger partial charge on any atom is -0.497 e. The molecular weight excluding hydrogens is 322 g/mol. The summed E-state index contributed by atoms with van der Waals surface area (Å²) in [7, 11) is 3.23. The predicted octanol–water partition coefficient (Wildman–Crippen LogP) is 2.41. The van der Waals surface area contributed by atoms with Gasteiger partial charge in [0.1, 0.15) is 11.5 Å². The molecule has 1 atom stereocenters. The van der Waals surface area contributed by atoms with Crippen molar-refractivity contribution >= 4 is 15.9 Å². The quantitative estimate of drug-likeness (QED) is 0.647. The first-order chi connectivity index (χ1) is 9.69. The van der Waals surface area contributed by atoms with E-state index in [4.69, 9.17) is 15.3 Å². The summed E-state index contributed by atoms with van der Waals surface area (Å²) in [6.07, 6.45) is 3.40. The molecule has 20 heavy (non-hydrogen) atoms. The Morgan fingerprint density at radius 2 is 1.90 bits per heavy atom. The van der Waals surface area contributed by atoms with E-state index in [-0.39, 0.29) is 6.04 Å². The Bertz CT molecular complexity index is 592. The molecule has 0 bridgehead atoms. The van der Waals surface area contributed by atoms with E-state index < -0.39 is 0 Å². The highest BCUT2D eigenvalue weighted by Gasteiger charge is 2.17. The summed E-state index contributed by atoms with van der Waals surface area (Å²) in [6.45, 7) is 0. The lowest BCUT2D eigenvalue weighted by molar-refractivity contribution is 0.411. The van der Waals surface area contributed by atoms with Crippen molar-refractivity contribution in [3.05, 3.63) is 52.3 Å². The fourth-order valence-corrected chi connectivity index (χ4v) is 2.42. The molecule has 1 aromatic carbocycles. The molecule has 0 aliphatic carbocycles. The number of methoxy groups -OCH3 is 2. The maximum atomic E-state index is 5.71. The normalized spacial score (nSPS) is 12.0. The highest BCUT2D eigenvalue weighted by molar-refractivity contribution is 9.10.